The van der Waals surface area contributed by atoms with Crippen molar-refractivity contribution < 1.29 is 18.7 Å². The number of carbonyl (C=O) groups is 1. The molecule has 4 atom stereocenters. The molecule has 0 unspecified atom stereocenters. The number of hydrogen-bond donors (Lipinski definition) is 1. The van der Waals surface area contributed by atoms with E-state index < -0.39 is 8.32 Å². The summed E-state index contributed by atoms with van der Waals surface area (Å²) in [7, 11) is -1.84. The van der Waals surface area contributed by atoms with Crippen LogP contribution < -0.4 is 5.32 Å². The number of epoxide rings is 1. The van der Waals surface area contributed by atoms with Gasteiger partial charge in [0, 0.05) is 24.5 Å². The van der Waals surface area contributed by atoms with E-state index in [1.807, 2.05) is 13.0 Å². The molecule has 1 spiro atoms. The largest absolute Gasteiger partial charge is 0.411 e. The van der Waals surface area contributed by atoms with Crippen LogP contribution in [-0.2, 0) is 18.7 Å². The van der Waals surface area contributed by atoms with Gasteiger partial charge in [0.05, 0.1) is 30.0 Å². The second-order valence-corrected chi connectivity index (χ2v) is 19.1. The molecule has 2 aliphatic heterocycles. The minimum atomic E-state index is -1.84. The highest BCUT2D eigenvalue weighted by Gasteiger charge is 2.58. The van der Waals surface area contributed by atoms with E-state index in [2.05, 4.69) is 85.1 Å². The molecule has 3 rings (SSSR count). The maximum Gasteiger partial charge on any atom is 0.243 e. The van der Waals surface area contributed by atoms with Crippen LogP contribution in [0.3, 0.4) is 0 Å². The fourth-order valence-electron chi connectivity index (χ4n) is 5.72. The van der Waals surface area contributed by atoms with Gasteiger partial charge < -0.3 is 19.2 Å². The van der Waals surface area contributed by atoms with Gasteiger partial charge in [0.1, 0.15) is 0 Å². The molecule has 3 aliphatic rings. The van der Waals surface area contributed by atoms with E-state index in [0.29, 0.717) is 11.8 Å². The first kappa shape index (κ1) is 31.3. The van der Waals surface area contributed by atoms with Crippen molar-refractivity contribution in [3.05, 3.63) is 36.0 Å². The average Bonchev–Trinajstić information content (AvgIpc) is 3.57. The van der Waals surface area contributed by atoms with E-state index in [4.69, 9.17) is 13.9 Å². The second-order valence-electron chi connectivity index (χ2n) is 14.4. The number of ether oxygens (including phenoxy) is 2. The van der Waals surface area contributed by atoms with Crippen molar-refractivity contribution in [2.45, 2.75) is 141 Å². The van der Waals surface area contributed by atoms with Crippen LogP contribution in [0.4, 0.5) is 0 Å². The lowest BCUT2D eigenvalue weighted by atomic mass is 9.78. The maximum absolute atomic E-state index is 12.5. The third-order valence-electron chi connectivity index (χ3n) is 9.34. The third kappa shape index (κ3) is 8.64. The van der Waals surface area contributed by atoms with Crippen molar-refractivity contribution in [1.82, 2.24) is 5.32 Å². The number of nitrogens with one attached hydrogen (secondary N) is 1. The normalized spacial score (nSPS) is 33.2. The minimum absolute atomic E-state index is 0.000670. The summed E-state index contributed by atoms with van der Waals surface area (Å²) in [4.78, 5) is 12.5. The Labute approximate surface area is 234 Å². The zero-order valence-corrected chi connectivity index (χ0v) is 26.9. The van der Waals surface area contributed by atoms with Gasteiger partial charge in [0.15, 0.2) is 8.32 Å². The van der Waals surface area contributed by atoms with Crippen LogP contribution >= 0.6 is 0 Å². The Kier molecular flexibility index (Phi) is 9.98. The summed E-state index contributed by atoms with van der Waals surface area (Å²) >= 11 is 0. The third-order valence-corrected chi connectivity index (χ3v) is 13.9. The topological polar surface area (TPSA) is 60.1 Å². The smallest absolute Gasteiger partial charge is 0.243 e. The molecule has 3 fully saturated rings. The Bertz CT molecular complexity index is 901. The zero-order chi connectivity index (χ0) is 28.4. The molecule has 1 saturated carbocycles. The minimum Gasteiger partial charge on any atom is -0.411 e. The molecular formula is C32H55NO4Si. The summed E-state index contributed by atoms with van der Waals surface area (Å²) in [5.41, 5.74) is 1.18. The van der Waals surface area contributed by atoms with Crippen LogP contribution in [-0.4, -0.2) is 50.3 Å². The molecular weight excluding hydrogens is 490 g/mol. The zero-order valence-electron chi connectivity index (χ0n) is 25.9. The first-order chi connectivity index (χ1) is 17.5. The van der Waals surface area contributed by atoms with Crippen molar-refractivity contribution in [1.29, 1.82) is 0 Å². The SMILES string of the molecule is CC(/C=C/[C@H]1OC(C)(C)C[C@@]2(CO2)[C@@H]1C)=C\CC1CCC(NC(=O)/C=C\[C@H](C)O[Si](C)(C)C(C)(C)C)CC1. The van der Waals surface area contributed by atoms with E-state index in [9.17, 15) is 4.79 Å². The molecule has 1 N–H and O–H groups in total. The van der Waals surface area contributed by atoms with Crippen LogP contribution in [0.1, 0.15) is 93.9 Å². The Balaban J connectivity index is 1.39. The molecule has 0 bridgehead atoms. The summed E-state index contributed by atoms with van der Waals surface area (Å²) in [6, 6.07) is 0.273. The van der Waals surface area contributed by atoms with Crippen molar-refractivity contribution in [3.63, 3.8) is 0 Å². The molecule has 2 saturated heterocycles. The molecule has 1 aliphatic carbocycles. The van der Waals surface area contributed by atoms with Crippen LogP contribution in [0, 0.1) is 11.8 Å². The van der Waals surface area contributed by atoms with Crippen molar-refractivity contribution in [2.75, 3.05) is 6.61 Å². The van der Waals surface area contributed by atoms with Crippen molar-refractivity contribution in [2.24, 2.45) is 11.8 Å². The van der Waals surface area contributed by atoms with Crippen molar-refractivity contribution >= 4 is 14.2 Å². The van der Waals surface area contributed by atoms with Crippen LogP contribution in [0.2, 0.25) is 18.1 Å². The molecule has 0 aromatic carbocycles. The van der Waals surface area contributed by atoms with Gasteiger partial charge in [0.25, 0.3) is 0 Å². The molecule has 216 valence electrons. The van der Waals surface area contributed by atoms with Gasteiger partial charge in [-0.2, -0.15) is 0 Å². The van der Waals surface area contributed by atoms with Crippen LogP contribution in [0.15, 0.2) is 36.0 Å². The van der Waals surface area contributed by atoms with Gasteiger partial charge in [-0.15, -0.1) is 0 Å². The summed E-state index contributed by atoms with van der Waals surface area (Å²) in [5.74, 6) is 1.07. The van der Waals surface area contributed by atoms with Crippen LogP contribution in [0.25, 0.3) is 0 Å². The van der Waals surface area contributed by atoms with Gasteiger partial charge in [-0.25, -0.2) is 0 Å². The first-order valence-electron chi connectivity index (χ1n) is 14.9. The molecule has 0 aromatic rings. The summed E-state index contributed by atoms with van der Waals surface area (Å²) in [6.45, 7) is 22.9. The Morgan fingerprint density at radius 1 is 1.16 bits per heavy atom. The van der Waals surface area contributed by atoms with Gasteiger partial charge in [0.2, 0.25) is 5.91 Å². The Hall–Kier alpha value is -1.21. The highest BCUT2D eigenvalue weighted by Crippen LogP contribution is 2.49. The number of rotatable bonds is 9. The van der Waals surface area contributed by atoms with Gasteiger partial charge >= 0.3 is 0 Å². The Morgan fingerprint density at radius 2 is 1.79 bits per heavy atom. The van der Waals surface area contributed by atoms with E-state index >= 15 is 0 Å². The number of hydrogen-bond acceptors (Lipinski definition) is 4. The Morgan fingerprint density at radius 3 is 2.37 bits per heavy atom. The fourth-order valence-corrected chi connectivity index (χ4v) is 7.08. The molecule has 0 radical (unpaired) electrons. The summed E-state index contributed by atoms with van der Waals surface area (Å²) in [5, 5.41) is 3.37. The molecule has 2 heterocycles. The van der Waals surface area contributed by atoms with Gasteiger partial charge in [-0.05, 0) is 83.8 Å². The van der Waals surface area contributed by atoms with E-state index in [1.165, 1.54) is 5.57 Å². The lowest BCUT2D eigenvalue weighted by Crippen LogP contribution is -2.49. The molecule has 6 heteroatoms. The monoisotopic (exact) mass is 545 g/mol. The second kappa shape index (κ2) is 12.1. The number of allylic oxidation sites excluding steroid dienone is 3. The molecule has 0 aromatic heterocycles. The van der Waals surface area contributed by atoms with Crippen LogP contribution in [0.5, 0.6) is 0 Å². The predicted octanol–water partition coefficient (Wildman–Crippen LogP) is 7.49. The van der Waals surface area contributed by atoms with E-state index in [0.717, 1.165) is 45.1 Å². The highest BCUT2D eigenvalue weighted by molar-refractivity contribution is 6.74. The standard InChI is InChI=1S/C32H55NO4Si/c1-23(12-19-28-25(3)32(22-35-32)21-31(7,8)36-28)11-14-26-15-17-27(18-16-26)33-29(34)20-13-24(2)37-38(9,10)30(4,5)6/h11-13,19-20,24-28H,14-18,21-22H2,1-10H3,(H,33,34)/b19-12+,20-13-,23-11+/t24-,25+,26?,27?,28+,32+/m0/s1. The number of amides is 1. The quantitative estimate of drug-likeness (QED) is 0.141. The van der Waals surface area contributed by atoms with E-state index in [-0.39, 0.29) is 40.4 Å². The lowest BCUT2D eigenvalue weighted by Gasteiger charge is -2.42. The van der Waals surface area contributed by atoms with Gasteiger partial charge in [-0.1, -0.05) is 57.6 Å². The summed E-state index contributed by atoms with van der Waals surface area (Å²) < 4.78 is 18.6. The van der Waals surface area contributed by atoms with E-state index in [1.54, 1.807) is 6.08 Å². The van der Waals surface area contributed by atoms with Crippen molar-refractivity contribution in [3.8, 4) is 0 Å². The first-order valence-corrected chi connectivity index (χ1v) is 17.8. The fraction of sp³-hybridized carbons (Fsp3) is 0.781. The number of carbonyl (C=O) groups excluding carboxylic acids is 1. The maximum atomic E-state index is 12.5. The molecule has 5 nitrogen and oxygen atoms in total. The lowest BCUT2D eigenvalue weighted by molar-refractivity contribution is -0.140. The highest BCUT2D eigenvalue weighted by atomic mass is 28.4. The molecule has 1 amide bonds. The van der Waals surface area contributed by atoms with Gasteiger partial charge in [-0.3, -0.25) is 4.79 Å². The predicted molar refractivity (Wildman–Crippen MR) is 160 cm³/mol. The molecule has 38 heavy (non-hydrogen) atoms. The average molecular weight is 546 g/mol. The summed E-state index contributed by atoms with van der Waals surface area (Å²) in [6.07, 6.45) is 16.9.